The molecule has 3 nitrogen and oxygen atoms in total. The third kappa shape index (κ3) is 1.49. The largest absolute Gasteiger partial charge is 0.378 e. The van der Waals surface area contributed by atoms with Gasteiger partial charge in [0.2, 0.25) is 0 Å². The quantitative estimate of drug-likeness (QED) is 0.682. The van der Waals surface area contributed by atoms with Gasteiger partial charge in [-0.25, -0.2) is 0 Å². The molecule has 0 radical (unpaired) electrons. The van der Waals surface area contributed by atoms with Crippen LogP contribution in [0.25, 0.3) is 0 Å². The second-order valence-corrected chi connectivity index (χ2v) is 4.95. The lowest BCUT2D eigenvalue weighted by Crippen LogP contribution is -2.60. The molecule has 3 heteroatoms. The van der Waals surface area contributed by atoms with E-state index < -0.39 is 0 Å². The van der Waals surface area contributed by atoms with Crippen LogP contribution in [0.3, 0.4) is 0 Å². The topological polar surface area (TPSA) is 38.5 Å². The zero-order chi connectivity index (χ0) is 9.53. The minimum absolute atomic E-state index is 0.175. The van der Waals surface area contributed by atoms with Crippen LogP contribution in [0.15, 0.2) is 0 Å². The zero-order valence-electron chi connectivity index (χ0n) is 8.68. The number of nitrogens with zero attached hydrogens (tertiary/aromatic N) is 1. The van der Waals surface area contributed by atoms with Gasteiger partial charge in [-0.1, -0.05) is 0 Å². The van der Waals surface area contributed by atoms with E-state index in [1.165, 1.54) is 12.8 Å². The van der Waals surface area contributed by atoms with Crippen molar-refractivity contribution >= 4 is 0 Å². The summed E-state index contributed by atoms with van der Waals surface area (Å²) in [6.45, 7) is 8.06. The Morgan fingerprint density at radius 2 is 2.08 bits per heavy atom. The molecule has 0 spiro atoms. The first-order chi connectivity index (χ1) is 6.11. The van der Waals surface area contributed by atoms with E-state index in [-0.39, 0.29) is 5.54 Å². The van der Waals surface area contributed by atoms with Crippen LogP contribution in [-0.4, -0.2) is 42.3 Å². The van der Waals surface area contributed by atoms with Crippen molar-refractivity contribution in [1.29, 1.82) is 0 Å². The Morgan fingerprint density at radius 3 is 2.54 bits per heavy atom. The second kappa shape index (κ2) is 2.94. The van der Waals surface area contributed by atoms with Gasteiger partial charge in [-0.2, -0.15) is 0 Å². The van der Waals surface area contributed by atoms with Crippen LogP contribution >= 0.6 is 0 Å². The average Bonchev–Trinajstić information content (AvgIpc) is 2.84. The highest BCUT2D eigenvalue weighted by molar-refractivity contribution is 5.09. The standard InChI is InChI=1S/C10H20N2O/c1-9(2)8-13-6-5-12(9)10(7-11)3-4-10/h3-8,11H2,1-2H3. The van der Waals surface area contributed by atoms with Gasteiger partial charge in [0.05, 0.1) is 13.2 Å². The highest BCUT2D eigenvalue weighted by Gasteiger charge is 2.52. The monoisotopic (exact) mass is 184 g/mol. The number of morpholine rings is 1. The van der Waals surface area contributed by atoms with Crippen molar-refractivity contribution in [2.75, 3.05) is 26.3 Å². The summed E-state index contributed by atoms with van der Waals surface area (Å²) in [4.78, 5) is 2.56. The number of ether oxygens (including phenoxy) is 1. The van der Waals surface area contributed by atoms with E-state index in [0.717, 1.165) is 26.3 Å². The van der Waals surface area contributed by atoms with Crippen molar-refractivity contribution in [3.63, 3.8) is 0 Å². The van der Waals surface area contributed by atoms with Gasteiger partial charge in [0.15, 0.2) is 0 Å². The van der Waals surface area contributed by atoms with E-state index in [4.69, 9.17) is 10.5 Å². The van der Waals surface area contributed by atoms with Crippen molar-refractivity contribution in [3.8, 4) is 0 Å². The minimum Gasteiger partial charge on any atom is -0.378 e. The maximum atomic E-state index is 5.84. The molecule has 1 saturated heterocycles. The zero-order valence-corrected chi connectivity index (χ0v) is 8.68. The maximum absolute atomic E-state index is 5.84. The summed E-state index contributed by atoms with van der Waals surface area (Å²) in [7, 11) is 0. The van der Waals surface area contributed by atoms with Gasteiger partial charge >= 0.3 is 0 Å². The van der Waals surface area contributed by atoms with Gasteiger partial charge in [-0.05, 0) is 26.7 Å². The summed E-state index contributed by atoms with van der Waals surface area (Å²) in [6.07, 6.45) is 2.54. The molecule has 76 valence electrons. The molecule has 0 aromatic heterocycles. The Morgan fingerprint density at radius 1 is 1.38 bits per heavy atom. The molecule has 2 aliphatic rings. The van der Waals surface area contributed by atoms with Crippen molar-refractivity contribution in [3.05, 3.63) is 0 Å². The van der Waals surface area contributed by atoms with Crippen LogP contribution in [0.1, 0.15) is 26.7 Å². The van der Waals surface area contributed by atoms with Crippen LogP contribution in [-0.2, 0) is 4.74 Å². The fourth-order valence-electron chi connectivity index (χ4n) is 2.47. The minimum atomic E-state index is 0.175. The van der Waals surface area contributed by atoms with Gasteiger partial charge in [0.1, 0.15) is 0 Å². The molecule has 0 aromatic carbocycles. The van der Waals surface area contributed by atoms with Crippen LogP contribution in [0, 0.1) is 0 Å². The molecular weight excluding hydrogens is 164 g/mol. The third-order valence-corrected chi connectivity index (χ3v) is 3.42. The normalized spacial score (nSPS) is 31.6. The molecule has 0 unspecified atom stereocenters. The van der Waals surface area contributed by atoms with E-state index in [9.17, 15) is 0 Å². The van der Waals surface area contributed by atoms with Gasteiger partial charge in [-0.3, -0.25) is 4.90 Å². The molecule has 1 heterocycles. The van der Waals surface area contributed by atoms with Crippen LogP contribution in [0.4, 0.5) is 0 Å². The van der Waals surface area contributed by atoms with Crippen LogP contribution in [0.5, 0.6) is 0 Å². The molecule has 13 heavy (non-hydrogen) atoms. The highest BCUT2D eigenvalue weighted by atomic mass is 16.5. The fourth-order valence-corrected chi connectivity index (χ4v) is 2.47. The first-order valence-corrected chi connectivity index (χ1v) is 5.16. The van der Waals surface area contributed by atoms with Crippen molar-refractivity contribution in [1.82, 2.24) is 4.90 Å². The molecule has 1 aliphatic heterocycles. The first-order valence-electron chi connectivity index (χ1n) is 5.16. The molecule has 0 aromatic rings. The van der Waals surface area contributed by atoms with Gasteiger partial charge in [-0.15, -0.1) is 0 Å². The van der Waals surface area contributed by atoms with Crippen molar-refractivity contribution in [2.24, 2.45) is 5.73 Å². The summed E-state index contributed by atoms with van der Waals surface area (Å²) in [6, 6.07) is 0. The van der Waals surface area contributed by atoms with Crippen molar-refractivity contribution < 1.29 is 4.74 Å². The molecule has 2 fully saturated rings. The fraction of sp³-hybridized carbons (Fsp3) is 1.00. The molecule has 2 N–H and O–H groups in total. The predicted molar refractivity (Wildman–Crippen MR) is 52.6 cm³/mol. The summed E-state index contributed by atoms with van der Waals surface area (Å²) < 4.78 is 5.50. The number of rotatable bonds is 2. The number of nitrogens with two attached hydrogens (primary N) is 1. The molecule has 0 bridgehead atoms. The van der Waals surface area contributed by atoms with E-state index in [2.05, 4.69) is 18.7 Å². The Bertz CT molecular complexity index is 197. The SMILES string of the molecule is CC1(C)COCCN1C1(CN)CC1. The Balaban J connectivity index is 2.12. The molecule has 0 atom stereocenters. The molecule has 1 saturated carbocycles. The van der Waals surface area contributed by atoms with Gasteiger partial charge in [0, 0.05) is 24.2 Å². The number of hydrogen-bond donors (Lipinski definition) is 1. The smallest absolute Gasteiger partial charge is 0.0645 e. The Kier molecular flexibility index (Phi) is 2.13. The summed E-state index contributed by atoms with van der Waals surface area (Å²) in [5, 5.41) is 0. The summed E-state index contributed by atoms with van der Waals surface area (Å²) >= 11 is 0. The molecular formula is C10H20N2O. The lowest BCUT2D eigenvalue weighted by Gasteiger charge is -2.47. The van der Waals surface area contributed by atoms with E-state index in [1.54, 1.807) is 0 Å². The molecule has 0 amide bonds. The molecule has 1 aliphatic carbocycles. The second-order valence-electron chi connectivity index (χ2n) is 4.95. The number of hydrogen-bond acceptors (Lipinski definition) is 3. The maximum Gasteiger partial charge on any atom is 0.0645 e. The van der Waals surface area contributed by atoms with Gasteiger partial charge in [0.25, 0.3) is 0 Å². The van der Waals surface area contributed by atoms with Crippen LogP contribution in [0.2, 0.25) is 0 Å². The lowest BCUT2D eigenvalue weighted by molar-refractivity contribution is -0.0771. The summed E-state index contributed by atoms with van der Waals surface area (Å²) in [5.41, 5.74) is 6.34. The van der Waals surface area contributed by atoms with E-state index in [0.29, 0.717) is 5.54 Å². The van der Waals surface area contributed by atoms with Crippen molar-refractivity contribution in [2.45, 2.75) is 37.8 Å². The van der Waals surface area contributed by atoms with Crippen LogP contribution < -0.4 is 5.73 Å². The van der Waals surface area contributed by atoms with Gasteiger partial charge < -0.3 is 10.5 Å². The first kappa shape index (κ1) is 9.44. The summed E-state index contributed by atoms with van der Waals surface area (Å²) in [5.74, 6) is 0. The average molecular weight is 184 g/mol. The molecule has 2 rings (SSSR count). The Labute approximate surface area is 80.2 Å². The Hall–Kier alpha value is -0.120. The lowest BCUT2D eigenvalue weighted by atomic mass is 9.98. The third-order valence-electron chi connectivity index (χ3n) is 3.42. The van der Waals surface area contributed by atoms with E-state index >= 15 is 0 Å². The van der Waals surface area contributed by atoms with E-state index in [1.807, 2.05) is 0 Å². The predicted octanol–water partition coefficient (Wildman–Crippen LogP) is 0.588. The highest BCUT2D eigenvalue weighted by Crippen LogP contribution is 2.45.